The average Bonchev–Trinajstić information content (AvgIpc) is 2.93. The minimum atomic E-state index is 0.199. The van der Waals surface area contributed by atoms with Crippen molar-refractivity contribution < 1.29 is 4.74 Å². The highest BCUT2D eigenvalue weighted by atomic mass is 16.5. The maximum absolute atomic E-state index is 5.57. The first-order valence-corrected chi connectivity index (χ1v) is 6.77. The van der Waals surface area contributed by atoms with Gasteiger partial charge in [-0.05, 0) is 35.4 Å². The highest BCUT2D eigenvalue weighted by molar-refractivity contribution is 5.43. The number of pyridine rings is 1. The summed E-state index contributed by atoms with van der Waals surface area (Å²) in [5.74, 6) is 1.03. The van der Waals surface area contributed by atoms with Crippen molar-refractivity contribution in [2.24, 2.45) is 0 Å². The van der Waals surface area contributed by atoms with E-state index in [1.807, 2.05) is 18.5 Å². The highest BCUT2D eigenvalue weighted by Gasteiger charge is 2.17. The van der Waals surface area contributed by atoms with E-state index in [1.54, 1.807) is 0 Å². The summed E-state index contributed by atoms with van der Waals surface area (Å²) in [6, 6.07) is 10.8. The lowest BCUT2D eigenvalue weighted by atomic mass is 9.97. The molecule has 1 aromatic heterocycles. The Morgan fingerprint density at radius 2 is 2.26 bits per heavy atom. The van der Waals surface area contributed by atoms with E-state index in [0.29, 0.717) is 0 Å². The van der Waals surface area contributed by atoms with Crippen molar-refractivity contribution in [3.63, 3.8) is 0 Å². The molecule has 2 aromatic rings. The largest absolute Gasteiger partial charge is 0.493 e. The molecule has 98 valence electrons. The van der Waals surface area contributed by atoms with Crippen molar-refractivity contribution in [3.05, 3.63) is 59.4 Å². The van der Waals surface area contributed by atoms with Crippen LogP contribution < -0.4 is 10.1 Å². The van der Waals surface area contributed by atoms with Crippen LogP contribution in [0.2, 0.25) is 0 Å². The molecule has 0 spiro atoms. The normalized spacial score (nSPS) is 14.8. The van der Waals surface area contributed by atoms with Gasteiger partial charge in [-0.3, -0.25) is 4.98 Å². The molecule has 3 rings (SSSR count). The van der Waals surface area contributed by atoms with Crippen LogP contribution in [0.3, 0.4) is 0 Å². The monoisotopic (exact) mass is 254 g/mol. The Balaban J connectivity index is 1.96. The standard InChI is InChI=1S/C16H18N2O/c1-2-18-16(14-4-3-8-17-11-14)13-5-6-15-12(10-13)7-9-19-15/h3-6,8,10-11,16,18H,2,7,9H2,1H3. The lowest BCUT2D eigenvalue weighted by molar-refractivity contribution is 0.357. The van der Waals surface area contributed by atoms with Gasteiger partial charge in [0.1, 0.15) is 5.75 Å². The number of hydrogen-bond acceptors (Lipinski definition) is 3. The number of ether oxygens (including phenoxy) is 1. The third-order valence-corrected chi connectivity index (χ3v) is 3.47. The molecule has 0 saturated carbocycles. The van der Waals surface area contributed by atoms with Gasteiger partial charge < -0.3 is 10.1 Å². The second-order valence-electron chi connectivity index (χ2n) is 4.74. The SMILES string of the molecule is CCNC(c1cccnc1)c1ccc2c(c1)CCO2. The number of fused-ring (bicyclic) bond motifs is 1. The van der Waals surface area contributed by atoms with Gasteiger partial charge in [-0.25, -0.2) is 0 Å². The van der Waals surface area contributed by atoms with Gasteiger partial charge in [0, 0.05) is 18.8 Å². The lowest BCUT2D eigenvalue weighted by Crippen LogP contribution is -2.22. The Labute approximate surface area is 113 Å². The van der Waals surface area contributed by atoms with Gasteiger partial charge in [0.25, 0.3) is 0 Å². The van der Waals surface area contributed by atoms with Gasteiger partial charge in [-0.2, -0.15) is 0 Å². The fraction of sp³-hybridized carbons (Fsp3) is 0.312. The number of benzene rings is 1. The zero-order valence-corrected chi connectivity index (χ0v) is 11.1. The second-order valence-corrected chi connectivity index (χ2v) is 4.74. The number of aromatic nitrogens is 1. The molecule has 0 aliphatic carbocycles. The molecular formula is C16H18N2O. The quantitative estimate of drug-likeness (QED) is 0.911. The summed E-state index contributed by atoms with van der Waals surface area (Å²) in [5, 5.41) is 3.53. The molecule has 3 nitrogen and oxygen atoms in total. The van der Waals surface area contributed by atoms with Gasteiger partial charge >= 0.3 is 0 Å². The van der Waals surface area contributed by atoms with E-state index in [1.165, 1.54) is 16.7 Å². The Morgan fingerprint density at radius 3 is 3.05 bits per heavy atom. The van der Waals surface area contributed by atoms with E-state index in [4.69, 9.17) is 4.74 Å². The van der Waals surface area contributed by atoms with Crippen LogP contribution in [0, 0.1) is 0 Å². The number of nitrogens with one attached hydrogen (secondary N) is 1. The molecule has 3 heteroatoms. The fourth-order valence-electron chi connectivity index (χ4n) is 2.57. The molecule has 0 bridgehead atoms. The van der Waals surface area contributed by atoms with Crippen LogP contribution in [0.5, 0.6) is 5.75 Å². The molecule has 1 aliphatic heterocycles. The molecule has 1 unspecified atom stereocenters. The predicted molar refractivity (Wildman–Crippen MR) is 75.4 cm³/mol. The Hall–Kier alpha value is -1.87. The molecule has 0 amide bonds. The lowest BCUT2D eigenvalue weighted by Gasteiger charge is -2.19. The van der Waals surface area contributed by atoms with Crippen molar-refractivity contribution in [2.75, 3.05) is 13.2 Å². The van der Waals surface area contributed by atoms with Crippen LogP contribution >= 0.6 is 0 Å². The number of rotatable bonds is 4. The minimum Gasteiger partial charge on any atom is -0.493 e. The predicted octanol–water partition coefficient (Wildman–Crippen LogP) is 2.72. The molecule has 1 N–H and O–H groups in total. The Bertz CT molecular complexity index is 554. The third kappa shape index (κ3) is 2.47. The topological polar surface area (TPSA) is 34.2 Å². The van der Waals surface area contributed by atoms with E-state index in [9.17, 15) is 0 Å². The van der Waals surface area contributed by atoms with E-state index in [2.05, 4.69) is 41.5 Å². The zero-order chi connectivity index (χ0) is 13.1. The third-order valence-electron chi connectivity index (χ3n) is 3.47. The van der Waals surface area contributed by atoms with Gasteiger partial charge in [-0.1, -0.05) is 25.1 Å². The molecule has 1 aromatic carbocycles. The van der Waals surface area contributed by atoms with Crippen molar-refractivity contribution in [3.8, 4) is 5.75 Å². The molecule has 0 radical (unpaired) electrons. The molecule has 0 fully saturated rings. The molecule has 2 heterocycles. The zero-order valence-electron chi connectivity index (χ0n) is 11.1. The van der Waals surface area contributed by atoms with Crippen LogP contribution in [-0.2, 0) is 6.42 Å². The van der Waals surface area contributed by atoms with Crippen LogP contribution in [0.25, 0.3) is 0 Å². The Morgan fingerprint density at radius 1 is 1.32 bits per heavy atom. The van der Waals surface area contributed by atoms with Crippen molar-refractivity contribution >= 4 is 0 Å². The molecule has 1 atom stereocenters. The number of hydrogen-bond donors (Lipinski definition) is 1. The average molecular weight is 254 g/mol. The van der Waals surface area contributed by atoms with Crippen molar-refractivity contribution in [1.29, 1.82) is 0 Å². The summed E-state index contributed by atoms with van der Waals surface area (Å²) in [4.78, 5) is 4.22. The summed E-state index contributed by atoms with van der Waals surface area (Å²) in [6.07, 6.45) is 4.75. The fourth-order valence-corrected chi connectivity index (χ4v) is 2.57. The van der Waals surface area contributed by atoms with Gasteiger partial charge in [0.05, 0.1) is 12.6 Å². The van der Waals surface area contributed by atoms with E-state index in [0.717, 1.165) is 25.3 Å². The summed E-state index contributed by atoms with van der Waals surface area (Å²) in [6.45, 7) is 3.85. The van der Waals surface area contributed by atoms with Crippen LogP contribution in [0.4, 0.5) is 0 Å². The first-order valence-electron chi connectivity index (χ1n) is 6.77. The van der Waals surface area contributed by atoms with Crippen LogP contribution in [0.1, 0.15) is 29.7 Å². The van der Waals surface area contributed by atoms with Gasteiger partial charge in [-0.15, -0.1) is 0 Å². The summed E-state index contributed by atoms with van der Waals surface area (Å²) >= 11 is 0. The maximum atomic E-state index is 5.57. The van der Waals surface area contributed by atoms with Crippen LogP contribution in [-0.4, -0.2) is 18.1 Å². The second kappa shape index (κ2) is 5.41. The maximum Gasteiger partial charge on any atom is 0.122 e. The van der Waals surface area contributed by atoms with Crippen molar-refractivity contribution in [1.82, 2.24) is 10.3 Å². The molecule has 1 aliphatic rings. The van der Waals surface area contributed by atoms with E-state index >= 15 is 0 Å². The first-order chi connectivity index (χ1) is 9.38. The first kappa shape index (κ1) is 12.2. The Kier molecular flexibility index (Phi) is 3.47. The smallest absolute Gasteiger partial charge is 0.122 e. The summed E-state index contributed by atoms with van der Waals surface area (Å²) in [7, 11) is 0. The van der Waals surface area contributed by atoms with Gasteiger partial charge in [0.15, 0.2) is 0 Å². The number of nitrogens with zero attached hydrogens (tertiary/aromatic N) is 1. The molecule has 19 heavy (non-hydrogen) atoms. The van der Waals surface area contributed by atoms with E-state index in [-0.39, 0.29) is 6.04 Å². The van der Waals surface area contributed by atoms with Crippen LogP contribution in [0.15, 0.2) is 42.7 Å². The summed E-state index contributed by atoms with van der Waals surface area (Å²) < 4.78 is 5.57. The van der Waals surface area contributed by atoms with Crippen molar-refractivity contribution in [2.45, 2.75) is 19.4 Å². The minimum absolute atomic E-state index is 0.199. The highest BCUT2D eigenvalue weighted by Crippen LogP contribution is 2.30. The molecule has 0 saturated heterocycles. The summed E-state index contributed by atoms with van der Waals surface area (Å²) in [5.41, 5.74) is 3.78. The van der Waals surface area contributed by atoms with E-state index < -0.39 is 0 Å². The van der Waals surface area contributed by atoms with Gasteiger partial charge in [0.2, 0.25) is 0 Å². The molecular weight excluding hydrogens is 236 g/mol.